The predicted octanol–water partition coefficient (Wildman–Crippen LogP) is 4.42. The first kappa shape index (κ1) is 22.8. The molecule has 5 nitrogen and oxygen atoms in total. The number of carbonyl (C=O) groups excluding carboxylic acids is 1. The van der Waals surface area contributed by atoms with Gasteiger partial charge >= 0.3 is 0 Å². The van der Waals surface area contributed by atoms with Crippen molar-refractivity contribution >= 4 is 21.8 Å². The second-order valence-electron chi connectivity index (χ2n) is 7.42. The molecule has 1 aromatic carbocycles. The van der Waals surface area contributed by atoms with Crippen LogP contribution < -0.4 is 20.1 Å². The van der Waals surface area contributed by atoms with E-state index in [9.17, 15) is 4.79 Å². The summed E-state index contributed by atoms with van der Waals surface area (Å²) in [4.78, 5) is 11.9. The molecule has 0 saturated carbocycles. The number of nitrogens with one attached hydrogen (secondary N) is 2. The molecule has 0 aliphatic rings. The number of methoxy groups -OCH3 is 1. The van der Waals surface area contributed by atoms with E-state index in [2.05, 4.69) is 33.5 Å². The molecule has 1 amide bonds. The van der Waals surface area contributed by atoms with E-state index in [1.54, 1.807) is 7.11 Å². The highest BCUT2D eigenvalue weighted by molar-refractivity contribution is 9.10. The molecule has 0 saturated heterocycles. The van der Waals surface area contributed by atoms with Gasteiger partial charge in [0.25, 0.3) is 5.91 Å². The molecule has 0 fully saturated rings. The van der Waals surface area contributed by atoms with Gasteiger partial charge in [-0.3, -0.25) is 4.79 Å². The zero-order valence-corrected chi connectivity index (χ0v) is 18.3. The van der Waals surface area contributed by atoms with Crippen LogP contribution in [0.15, 0.2) is 16.6 Å². The summed E-state index contributed by atoms with van der Waals surface area (Å²) in [5.74, 6) is 1.02. The van der Waals surface area contributed by atoms with E-state index in [1.165, 1.54) is 25.7 Å². The summed E-state index contributed by atoms with van der Waals surface area (Å²) in [5, 5.41) is 6.33. The van der Waals surface area contributed by atoms with E-state index >= 15 is 0 Å². The summed E-state index contributed by atoms with van der Waals surface area (Å²) in [6.45, 7) is 9.74. The lowest BCUT2D eigenvalue weighted by atomic mass is 10.1. The van der Waals surface area contributed by atoms with Crippen molar-refractivity contribution in [2.75, 3.05) is 20.3 Å². The quantitative estimate of drug-likeness (QED) is 0.512. The minimum atomic E-state index is -0.280. The summed E-state index contributed by atoms with van der Waals surface area (Å²) in [6, 6.07) is 3.80. The molecular formula is C20H33BrN2O3. The largest absolute Gasteiger partial charge is 0.493 e. The Hall–Kier alpha value is -1.27. The minimum Gasteiger partial charge on any atom is -0.493 e. The average Bonchev–Trinajstić information content (AvgIpc) is 2.55. The molecule has 2 N–H and O–H groups in total. The first-order chi connectivity index (χ1) is 12.3. The zero-order chi connectivity index (χ0) is 19.6. The molecule has 0 unspecified atom stereocenters. The molecule has 0 spiro atoms. The molecule has 1 aromatic rings. The van der Waals surface area contributed by atoms with Crippen molar-refractivity contribution in [1.29, 1.82) is 0 Å². The van der Waals surface area contributed by atoms with Crippen molar-refractivity contribution in [3.8, 4) is 11.5 Å². The Bertz CT molecular complexity index is 571. The first-order valence-corrected chi connectivity index (χ1v) is 10.1. The number of hydrogen-bond acceptors (Lipinski definition) is 4. The van der Waals surface area contributed by atoms with Gasteiger partial charge in [0.05, 0.1) is 7.11 Å². The minimum absolute atomic E-state index is 0.0465. The van der Waals surface area contributed by atoms with Gasteiger partial charge in [-0.05, 0) is 51.4 Å². The highest BCUT2D eigenvalue weighted by atomic mass is 79.9. The van der Waals surface area contributed by atoms with E-state index in [4.69, 9.17) is 9.47 Å². The number of hydrogen-bond donors (Lipinski definition) is 2. The van der Waals surface area contributed by atoms with Crippen LogP contribution in [0.5, 0.6) is 11.5 Å². The van der Waals surface area contributed by atoms with Crippen LogP contribution in [0, 0.1) is 0 Å². The van der Waals surface area contributed by atoms with Crippen LogP contribution in [0.1, 0.15) is 58.9 Å². The Labute approximate surface area is 166 Å². The summed E-state index contributed by atoms with van der Waals surface area (Å²) >= 11 is 3.58. The van der Waals surface area contributed by atoms with Crippen LogP contribution in [-0.4, -0.2) is 31.7 Å². The highest BCUT2D eigenvalue weighted by Crippen LogP contribution is 2.33. The van der Waals surface area contributed by atoms with Crippen molar-refractivity contribution in [3.63, 3.8) is 0 Å². The molecule has 0 aliphatic heterocycles. The molecule has 0 aromatic heterocycles. The SMILES string of the molecule is CCCCCCNCc1cc(OC)c(OCC(=O)NC(C)(C)C)cc1Br. The molecule has 0 radical (unpaired) electrons. The van der Waals surface area contributed by atoms with Crippen molar-refractivity contribution in [2.24, 2.45) is 0 Å². The highest BCUT2D eigenvalue weighted by Gasteiger charge is 2.16. The number of benzene rings is 1. The normalized spacial score (nSPS) is 11.3. The summed E-state index contributed by atoms with van der Waals surface area (Å²) < 4.78 is 12.0. The third-order valence-electron chi connectivity index (χ3n) is 3.73. The lowest BCUT2D eigenvalue weighted by Crippen LogP contribution is -2.43. The van der Waals surface area contributed by atoms with Crippen LogP contribution in [0.4, 0.5) is 0 Å². The monoisotopic (exact) mass is 428 g/mol. The van der Waals surface area contributed by atoms with Crippen LogP contribution >= 0.6 is 15.9 Å². The van der Waals surface area contributed by atoms with Crippen molar-refractivity contribution in [1.82, 2.24) is 10.6 Å². The van der Waals surface area contributed by atoms with E-state index in [-0.39, 0.29) is 18.1 Å². The van der Waals surface area contributed by atoms with Gasteiger partial charge in [-0.1, -0.05) is 42.1 Å². The Morgan fingerprint density at radius 3 is 2.50 bits per heavy atom. The van der Waals surface area contributed by atoms with E-state index in [1.807, 2.05) is 32.9 Å². The summed E-state index contributed by atoms with van der Waals surface area (Å²) in [7, 11) is 1.60. The van der Waals surface area contributed by atoms with Crippen LogP contribution in [0.3, 0.4) is 0 Å². The van der Waals surface area contributed by atoms with Gasteiger partial charge in [-0.15, -0.1) is 0 Å². The molecular weight excluding hydrogens is 396 g/mol. The number of halogens is 1. The lowest BCUT2D eigenvalue weighted by Gasteiger charge is -2.21. The average molecular weight is 429 g/mol. The van der Waals surface area contributed by atoms with Gasteiger partial charge in [0.1, 0.15) is 0 Å². The zero-order valence-electron chi connectivity index (χ0n) is 16.7. The standard InChI is InChI=1S/C20H33BrN2O3/c1-6-7-8-9-10-22-13-15-11-17(25-5)18(12-16(15)21)26-14-19(24)23-20(2,3)4/h11-12,22H,6-10,13-14H2,1-5H3,(H,23,24). The maximum absolute atomic E-state index is 11.9. The molecule has 0 atom stereocenters. The Morgan fingerprint density at radius 2 is 1.88 bits per heavy atom. The van der Waals surface area contributed by atoms with Gasteiger partial charge in [0.2, 0.25) is 0 Å². The van der Waals surface area contributed by atoms with Crippen LogP contribution in [0.25, 0.3) is 0 Å². The smallest absolute Gasteiger partial charge is 0.258 e. The molecule has 148 valence electrons. The third kappa shape index (κ3) is 8.90. The maximum Gasteiger partial charge on any atom is 0.258 e. The fourth-order valence-electron chi connectivity index (χ4n) is 2.48. The van der Waals surface area contributed by atoms with Crippen LogP contribution in [-0.2, 0) is 11.3 Å². The van der Waals surface area contributed by atoms with E-state index in [0.717, 1.165) is 23.1 Å². The number of ether oxygens (including phenoxy) is 2. The number of rotatable bonds is 11. The molecule has 0 aliphatic carbocycles. The Balaban J connectivity index is 2.61. The van der Waals surface area contributed by atoms with E-state index in [0.29, 0.717) is 11.5 Å². The van der Waals surface area contributed by atoms with Gasteiger partial charge in [0.15, 0.2) is 18.1 Å². The third-order valence-corrected chi connectivity index (χ3v) is 4.47. The van der Waals surface area contributed by atoms with Crippen molar-refractivity contribution < 1.29 is 14.3 Å². The first-order valence-electron chi connectivity index (χ1n) is 9.27. The number of carbonyl (C=O) groups is 1. The Morgan fingerprint density at radius 1 is 1.15 bits per heavy atom. The number of unbranched alkanes of at least 4 members (excludes halogenated alkanes) is 3. The van der Waals surface area contributed by atoms with Gasteiger partial charge in [-0.2, -0.15) is 0 Å². The molecule has 0 bridgehead atoms. The fourth-order valence-corrected chi connectivity index (χ4v) is 2.95. The van der Waals surface area contributed by atoms with Crippen LogP contribution in [0.2, 0.25) is 0 Å². The molecule has 0 heterocycles. The maximum atomic E-state index is 11.9. The number of amides is 1. The predicted molar refractivity (Wildman–Crippen MR) is 110 cm³/mol. The topological polar surface area (TPSA) is 59.6 Å². The molecule has 6 heteroatoms. The molecule has 1 rings (SSSR count). The fraction of sp³-hybridized carbons (Fsp3) is 0.650. The summed E-state index contributed by atoms with van der Waals surface area (Å²) in [6.07, 6.45) is 4.98. The second kappa shape index (κ2) is 11.4. The van der Waals surface area contributed by atoms with Gasteiger partial charge < -0.3 is 20.1 Å². The van der Waals surface area contributed by atoms with Gasteiger partial charge in [0, 0.05) is 16.6 Å². The molecule has 26 heavy (non-hydrogen) atoms. The second-order valence-corrected chi connectivity index (χ2v) is 8.27. The van der Waals surface area contributed by atoms with Crippen molar-refractivity contribution in [2.45, 2.75) is 65.5 Å². The van der Waals surface area contributed by atoms with E-state index < -0.39 is 0 Å². The Kier molecular flexibility index (Phi) is 10.0. The lowest BCUT2D eigenvalue weighted by molar-refractivity contribution is -0.124. The summed E-state index contributed by atoms with van der Waals surface area (Å²) in [5.41, 5.74) is 0.821. The van der Waals surface area contributed by atoms with Crippen molar-refractivity contribution in [3.05, 3.63) is 22.2 Å². The van der Waals surface area contributed by atoms with Gasteiger partial charge in [-0.25, -0.2) is 0 Å².